The highest BCUT2D eigenvalue weighted by molar-refractivity contribution is 6.31. The van der Waals surface area contributed by atoms with E-state index in [0.29, 0.717) is 11.0 Å². The van der Waals surface area contributed by atoms with E-state index in [9.17, 15) is 4.79 Å². The summed E-state index contributed by atoms with van der Waals surface area (Å²) < 4.78 is 5.47. The Morgan fingerprint density at radius 1 is 1.46 bits per heavy atom. The first-order valence-corrected chi connectivity index (χ1v) is 8.51. The molecular formula is C17H23ClN4O2. The number of hydrogen-bond acceptors (Lipinski definition) is 4. The molecule has 7 heteroatoms. The van der Waals surface area contributed by atoms with Gasteiger partial charge >= 0.3 is 0 Å². The molecule has 2 unspecified atom stereocenters. The van der Waals surface area contributed by atoms with E-state index in [-0.39, 0.29) is 23.6 Å². The van der Waals surface area contributed by atoms with Crippen LogP contribution in [-0.2, 0) is 9.53 Å². The van der Waals surface area contributed by atoms with Gasteiger partial charge in [0.15, 0.2) is 0 Å². The van der Waals surface area contributed by atoms with Gasteiger partial charge in [0.05, 0.1) is 22.7 Å². The van der Waals surface area contributed by atoms with Gasteiger partial charge in [-0.15, -0.1) is 0 Å². The number of carbonyl (C=O) groups excluding carboxylic acids is 1. The summed E-state index contributed by atoms with van der Waals surface area (Å²) in [7, 11) is 1.72. The standard InChI is InChI=1S/C17H23ClN4O2/c1-17(2,24-3)9-11-5-7-13(19-11)15(23)22-16-20-12-6-4-10(18)8-14(12)21-16/h4,6,8,11,13,19H,5,7,9H2,1-3H3,(H2,20,21,22,23). The first kappa shape index (κ1) is 17.2. The van der Waals surface area contributed by atoms with Crippen molar-refractivity contribution in [3.63, 3.8) is 0 Å². The Labute approximate surface area is 146 Å². The Morgan fingerprint density at radius 2 is 2.25 bits per heavy atom. The van der Waals surface area contributed by atoms with Crippen LogP contribution < -0.4 is 10.6 Å². The van der Waals surface area contributed by atoms with Crippen LogP contribution in [0, 0.1) is 0 Å². The number of ether oxygens (including phenoxy) is 1. The van der Waals surface area contributed by atoms with Crippen molar-refractivity contribution >= 4 is 34.5 Å². The summed E-state index contributed by atoms with van der Waals surface area (Å²) in [4.78, 5) is 19.9. The first-order chi connectivity index (χ1) is 11.4. The normalized spacial score (nSPS) is 21.3. The van der Waals surface area contributed by atoms with Gasteiger partial charge in [0.25, 0.3) is 0 Å². The van der Waals surface area contributed by atoms with Crippen molar-refractivity contribution in [3.05, 3.63) is 23.2 Å². The van der Waals surface area contributed by atoms with Gasteiger partial charge in [0, 0.05) is 18.2 Å². The average molecular weight is 351 g/mol. The Balaban J connectivity index is 1.60. The molecule has 0 spiro atoms. The van der Waals surface area contributed by atoms with Crippen LogP contribution in [0.2, 0.25) is 5.02 Å². The number of hydrogen-bond donors (Lipinski definition) is 3. The molecule has 24 heavy (non-hydrogen) atoms. The highest BCUT2D eigenvalue weighted by Gasteiger charge is 2.33. The van der Waals surface area contributed by atoms with Crippen molar-refractivity contribution < 1.29 is 9.53 Å². The van der Waals surface area contributed by atoms with Gasteiger partial charge in [-0.3, -0.25) is 10.1 Å². The van der Waals surface area contributed by atoms with Crippen LogP contribution in [-0.4, -0.2) is 40.7 Å². The van der Waals surface area contributed by atoms with Crippen LogP contribution in [0.15, 0.2) is 18.2 Å². The number of aromatic amines is 1. The number of amides is 1. The number of fused-ring (bicyclic) bond motifs is 1. The SMILES string of the molecule is COC(C)(C)CC1CCC(C(=O)Nc2nc3ccc(Cl)cc3[nH]2)N1. The maximum Gasteiger partial charge on any atom is 0.243 e. The van der Waals surface area contributed by atoms with Gasteiger partial charge in [-0.2, -0.15) is 0 Å². The number of anilines is 1. The number of H-pyrrole nitrogens is 1. The Hall–Kier alpha value is -1.63. The highest BCUT2D eigenvalue weighted by atomic mass is 35.5. The van der Waals surface area contributed by atoms with Crippen LogP contribution >= 0.6 is 11.6 Å². The molecule has 1 amide bonds. The second-order valence-electron chi connectivity index (χ2n) is 6.90. The van der Waals surface area contributed by atoms with E-state index in [1.54, 1.807) is 19.2 Å². The molecule has 1 aromatic heterocycles. The number of nitrogens with zero attached hydrogens (tertiary/aromatic N) is 1. The molecular weight excluding hydrogens is 328 g/mol. The third-order valence-corrected chi connectivity index (χ3v) is 4.77. The van der Waals surface area contributed by atoms with E-state index in [1.165, 1.54) is 0 Å². The predicted octanol–water partition coefficient (Wildman–Crippen LogP) is 3.09. The van der Waals surface area contributed by atoms with Gasteiger partial charge in [0.1, 0.15) is 0 Å². The fourth-order valence-corrected chi connectivity index (χ4v) is 3.28. The Bertz CT molecular complexity index is 743. The molecule has 1 aromatic carbocycles. The molecule has 1 fully saturated rings. The number of imidazole rings is 1. The fraction of sp³-hybridized carbons (Fsp3) is 0.529. The average Bonchev–Trinajstić information content (AvgIpc) is 3.12. The molecule has 1 aliphatic rings. The number of benzene rings is 1. The number of carbonyl (C=O) groups is 1. The van der Waals surface area contributed by atoms with Crippen LogP contribution in [0.25, 0.3) is 11.0 Å². The number of methoxy groups -OCH3 is 1. The van der Waals surface area contributed by atoms with Crippen molar-refractivity contribution in [2.45, 2.75) is 50.8 Å². The predicted molar refractivity (Wildman–Crippen MR) is 95.4 cm³/mol. The largest absolute Gasteiger partial charge is 0.379 e. The second-order valence-corrected chi connectivity index (χ2v) is 7.33. The number of halogens is 1. The van der Waals surface area contributed by atoms with Crippen LogP contribution in [0.5, 0.6) is 0 Å². The van der Waals surface area contributed by atoms with E-state index < -0.39 is 0 Å². The third kappa shape index (κ3) is 3.88. The van der Waals surface area contributed by atoms with Crippen molar-refractivity contribution in [3.8, 4) is 0 Å². The number of rotatable bonds is 5. The number of aromatic nitrogens is 2. The van der Waals surface area contributed by atoms with Crippen molar-refractivity contribution in [2.75, 3.05) is 12.4 Å². The molecule has 2 atom stereocenters. The molecule has 2 aromatic rings. The monoisotopic (exact) mass is 350 g/mol. The molecule has 130 valence electrons. The molecule has 0 radical (unpaired) electrons. The van der Waals surface area contributed by atoms with Crippen molar-refractivity contribution in [2.24, 2.45) is 0 Å². The van der Waals surface area contributed by atoms with Gasteiger partial charge in [-0.1, -0.05) is 11.6 Å². The minimum absolute atomic E-state index is 0.0714. The Morgan fingerprint density at radius 3 is 3.00 bits per heavy atom. The van der Waals surface area contributed by atoms with Gasteiger partial charge in [-0.25, -0.2) is 4.98 Å². The van der Waals surface area contributed by atoms with Crippen LogP contribution in [0.4, 0.5) is 5.95 Å². The quantitative estimate of drug-likeness (QED) is 0.774. The minimum Gasteiger partial charge on any atom is -0.379 e. The van der Waals surface area contributed by atoms with E-state index in [4.69, 9.17) is 16.3 Å². The zero-order valence-corrected chi connectivity index (χ0v) is 14.9. The van der Waals surface area contributed by atoms with Crippen LogP contribution in [0.3, 0.4) is 0 Å². The fourth-order valence-electron chi connectivity index (χ4n) is 3.11. The lowest BCUT2D eigenvalue weighted by Gasteiger charge is -2.26. The van der Waals surface area contributed by atoms with Crippen LogP contribution in [0.1, 0.15) is 33.1 Å². The zero-order chi connectivity index (χ0) is 17.3. The lowest BCUT2D eigenvalue weighted by molar-refractivity contribution is -0.118. The molecule has 1 saturated heterocycles. The molecule has 2 heterocycles. The summed E-state index contributed by atoms with van der Waals surface area (Å²) >= 11 is 5.96. The van der Waals surface area contributed by atoms with Gasteiger partial charge < -0.3 is 15.0 Å². The molecule has 1 aliphatic heterocycles. The lowest BCUT2D eigenvalue weighted by Crippen LogP contribution is -2.42. The summed E-state index contributed by atoms with van der Waals surface area (Å²) in [5, 5.41) is 6.87. The molecule has 0 aliphatic carbocycles. The highest BCUT2D eigenvalue weighted by Crippen LogP contribution is 2.24. The molecule has 0 saturated carbocycles. The molecule has 6 nitrogen and oxygen atoms in total. The summed E-state index contributed by atoms with van der Waals surface area (Å²) in [6.45, 7) is 4.11. The second kappa shape index (κ2) is 6.70. The van der Waals surface area contributed by atoms with Crippen molar-refractivity contribution in [1.82, 2.24) is 15.3 Å². The maximum absolute atomic E-state index is 12.4. The van der Waals surface area contributed by atoms with Gasteiger partial charge in [-0.05, 0) is 51.3 Å². The smallest absolute Gasteiger partial charge is 0.243 e. The van der Waals surface area contributed by atoms with E-state index >= 15 is 0 Å². The van der Waals surface area contributed by atoms with E-state index in [0.717, 1.165) is 30.3 Å². The zero-order valence-electron chi connectivity index (χ0n) is 14.1. The van der Waals surface area contributed by atoms with Gasteiger partial charge in [0.2, 0.25) is 11.9 Å². The first-order valence-electron chi connectivity index (χ1n) is 8.14. The topological polar surface area (TPSA) is 79.0 Å². The van der Waals surface area contributed by atoms with E-state index in [2.05, 4.69) is 34.4 Å². The molecule has 3 rings (SSSR count). The summed E-state index contributed by atoms with van der Waals surface area (Å²) in [6.07, 6.45) is 2.64. The van der Waals surface area contributed by atoms with E-state index in [1.807, 2.05) is 6.07 Å². The number of nitrogens with one attached hydrogen (secondary N) is 3. The Kier molecular flexibility index (Phi) is 4.80. The lowest BCUT2D eigenvalue weighted by atomic mass is 9.98. The summed E-state index contributed by atoms with van der Waals surface area (Å²) in [5.74, 6) is 0.373. The summed E-state index contributed by atoms with van der Waals surface area (Å²) in [6, 6.07) is 5.46. The summed E-state index contributed by atoms with van der Waals surface area (Å²) in [5.41, 5.74) is 1.38. The third-order valence-electron chi connectivity index (χ3n) is 4.53. The molecule has 0 bridgehead atoms. The molecule has 3 N–H and O–H groups in total. The minimum atomic E-state index is -0.209. The van der Waals surface area contributed by atoms with Crippen molar-refractivity contribution in [1.29, 1.82) is 0 Å². The maximum atomic E-state index is 12.4.